The Balaban J connectivity index is 1.59. The first kappa shape index (κ1) is 17.2. The van der Waals surface area contributed by atoms with Gasteiger partial charge in [-0.3, -0.25) is 4.79 Å². The van der Waals surface area contributed by atoms with Crippen molar-refractivity contribution in [1.29, 1.82) is 0 Å². The summed E-state index contributed by atoms with van der Waals surface area (Å²) in [5.74, 6) is -0.352. The van der Waals surface area contributed by atoms with Crippen molar-refractivity contribution in [1.82, 2.24) is 0 Å². The second kappa shape index (κ2) is 7.06. The van der Waals surface area contributed by atoms with Crippen molar-refractivity contribution in [2.24, 2.45) is 5.16 Å². The van der Waals surface area contributed by atoms with Gasteiger partial charge in [-0.25, -0.2) is 8.42 Å². The fourth-order valence-electron chi connectivity index (χ4n) is 2.55. The molecule has 2 aromatic rings. The molecule has 1 atom stereocenters. The molecular formula is C18H18N2O4S. The number of anilines is 1. The zero-order valence-corrected chi connectivity index (χ0v) is 14.5. The predicted molar refractivity (Wildman–Crippen MR) is 95.9 cm³/mol. The smallest absolute Gasteiger partial charge is 0.273 e. The molecule has 0 saturated carbocycles. The molecule has 2 aromatic carbocycles. The molecular weight excluding hydrogens is 340 g/mol. The van der Waals surface area contributed by atoms with Crippen LogP contribution < -0.4 is 5.32 Å². The summed E-state index contributed by atoms with van der Waals surface area (Å²) in [5, 5.41) is 6.63. The maximum atomic E-state index is 12.3. The molecule has 1 heterocycles. The van der Waals surface area contributed by atoms with Crippen molar-refractivity contribution in [2.75, 3.05) is 11.6 Å². The van der Waals surface area contributed by atoms with Gasteiger partial charge in [0, 0.05) is 18.4 Å². The maximum Gasteiger partial charge on any atom is 0.273 e. The highest BCUT2D eigenvalue weighted by Crippen LogP contribution is 2.27. The van der Waals surface area contributed by atoms with E-state index in [-0.39, 0.29) is 17.8 Å². The van der Waals surface area contributed by atoms with E-state index in [0.29, 0.717) is 23.4 Å². The van der Waals surface area contributed by atoms with Crippen molar-refractivity contribution in [3.8, 4) is 0 Å². The van der Waals surface area contributed by atoms with Gasteiger partial charge in [-0.15, -0.1) is 0 Å². The van der Waals surface area contributed by atoms with Gasteiger partial charge in [-0.05, 0) is 23.3 Å². The quantitative estimate of drug-likeness (QED) is 0.890. The van der Waals surface area contributed by atoms with Crippen LogP contribution in [0.4, 0.5) is 5.69 Å². The van der Waals surface area contributed by atoms with E-state index < -0.39 is 9.84 Å². The summed E-state index contributed by atoms with van der Waals surface area (Å²) >= 11 is 0. The van der Waals surface area contributed by atoms with Crippen molar-refractivity contribution >= 4 is 27.1 Å². The Hall–Kier alpha value is -2.67. The first-order chi connectivity index (χ1) is 11.9. The molecule has 0 radical (unpaired) electrons. The van der Waals surface area contributed by atoms with Gasteiger partial charge in [-0.2, -0.15) is 0 Å². The van der Waals surface area contributed by atoms with Gasteiger partial charge in [0.2, 0.25) is 0 Å². The van der Waals surface area contributed by atoms with E-state index in [0.717, 1.165) is 5.56 Å². The molecule has 1 aliphatic heterocycles. The Morgan fingerprint density at radius 1 is 1.16 bits per heavy atom. The summed E-state index contributed by atoms with van der Waals surface area (Å²) in [6, 6.07) is 16.3. The highest BCUT2D eigenvalue weighted by Gasteiger charge is 2.27. The summed E-state index contributed by atoms with van der Waals surface area (Å²) in [7, 11) is -3.08. The first-order valence-corrected chi connectivity index (χ1v) is 9.82. The van der Waals surface area contributed by atoms with Crippen LogP contribution in [0.5, 0.6) is 0 Å². The number of carbonyl (C=O) groups is 1. The van der Waals surface area contributed by atoms with Crippen LogP contribution in [0.3, 0.4) is 0 Å². The summed E-state index contributed by atoms with van der Waals surface area (Å²) in [6.45, 7) is 0. The number of sulfone groups is 1. The van der Waals surface area contributed by atoms with E-state index in [1.54, 1.807) is 24.3 Å². The number of benzene rings is 2. The lowest BCUT2D eigenvalue weighted by Gasteiger charge is -2.08. The number of hydrogen-bond acceptors (Lipinski definition) is 5. The number of hydrogen-bond donors (Lipinski definition) is 1. The van der Waals surface area contributed by atoms with E-state index >= 15 is 0 Å². The van der Waals surface area contributed by atoms with Gasteiger partial charge in [0.15, 0.2) is 15.9 Å². The minimum Gasteiger partial charge on any atom is -0.387 e. The third-order valence-corrected chi connectivity index (χ3v) is 4.60. The largest absolute Gasteiger partial charge is 0.387 e. The van der Waals surface area contributed by atoms with Gasteiger partial charge < -0.3 is 10.2 Å². The van der Waals surface area contributed by atoms with E-state index in [2.05, 4.69) is 10.5 Å². The molecule has 0 aromatic heterocycles. The van der Waals surface area contributed by atoms with Gasteiger partial charge in [0.25, 0.3) is 5.91 Å². The Morgan fingerprint density at radius 2 is 1.84 bits per heavy atom. The van der Waals surface area contributed by atoms with Crippen molar-refractivity contribution in [3.63, 3.8) is 0 Å². The van der Waals surface area contributed by atoms with Crippen molar-refractivity contribution in [2.45, 2.75) is 18.3 Å². The average Bonchev–Trinajstić information content (AvgIpc) is 3.06. The number of amides is 1. The molecule has 1 N–H and O–H groups in total. The third-order valence-electron chi connectivity index (χ3n) is 3.74. The van der Waals surface area contributed by atoms with Gasteiger partial charge >= 0.3 is 0 Å². The van der Waals surface area contributed by atoms with Crippen LogP contribution in [0.15, 0.2) is 59.8 Å². The molecule has 1 aliphatic rings. The summed E-state index contributed by atoms with van der Waals surface area (Å²) in [5.41, 5.74) is 2.55. The van der Waals surface area contributed by atoms with Crippen LogP contribution in [0.25, 0.3) is 0 Å². The topological polar surface area (TPSA) is 84.8 Å². The molecule has 6 nitrogen and oxygen atoms in total. The Bertz CT molecular complexity index is 890. The summed E-state index contributed by atoms with van der Waals surface area (Å²) < 4.78 is 22.6. The van der Waals surface area contributed by atoms with Crippen LogP contribution in [-0.2, 0) is 25.2 Å². The number of nitrogens with zero attached hydrogens (tertiary/aromatic N) is 1. The molecule has 0 saturated heterocycles. The van der Waals surface area contributed by atoms with E-state index in [1.165, 1.54) is 6.26 Å². The molecule has 0 unspecified atom stereocenters. The first-order valence-electron chi connectivity index (χ1n) is 7.76. The normalized spacial score (nSPS) is 16.8. The summed E-state index contributed by atoms with van der Waals surface area (Å²) in [6.07, 6.45) is 1.34. The van der Waals surface area contributed by atoms with E-state index in [9.17, 15) is 13.2 Å². The number of rotatable bonds is 5. The van der Waals surface area contributed by atoms with Crippen LogP contribution in [0.1, 0.15) is 23.7 Å². The zero-order valence-electron chi connectivity index (χ0n) is 13.7. The van der Waals surface area contributed by atoms with Gasteiger partial charge in [0.05, 0.1) is 5.75 Å². The Morgan fingerprint density at radius 3 is 2.48 bits per heavy atom. The number of nitrogens with one attached hydrogen (secondary N) is 1. The summed E-state index contributed by atoms with van der Waals surface area (Å²) in [4.78, 5) is 17.6. The lowest BCUT2D eigenvalue weighted by Crippen LogP contribution is -2.21. The van der Waals surface area contributed by atoms with E-state index in [4.69, 9.17) is 4.84 Å². The van der Waals surface area contributed by atoms with Gasteiger partial charge in [-0.1, -0.05) is 47.6 Å². The average molecular weight is 358 g/mol. The number of oxime groups is 1. The molecule has 0 bridgehead atoms. The maximum absolute atomic E-state index is 12.3. The van der Waals surface area contributed by atoms with Crippen LogP contribution in [0.2, 0.25) is 0 Å². The fourth-order valence-corrected chi connectivity index (χ4v) is 3.35. The van der Waals surface area contributed by atoms with Gasteiger partial charge in [0.1, 0.15) is 5.71 Å². The standard InChI is InChI=1S/C18H18N2O4S/c1-25(22,23)12-13-7-9-15(10-8-13)19-18(21)16-11-17(24-20-16)14-5-3-2-4-6-14/h2-10,17H,11-12H2,1H3,(H,19,21)/t17-/m1/s1. The lowest BCUT2D eigenvalue weighted by atomic mass is 10.0. The predicted octanol–water partition coefficient (Wildman–Crippen LogP) is 2.69. The Kier molecular flexibility index (Phi) is 4.85. The Labute approximate surface area is 146 Å². The molecule has 0 aliphatic carbocycles. The second-order valence-electron chi connectivity index (χ2n) is 5.97. The molecule has 0 fully saturated rings. The molecule has 25 heavy (non-hydrogen) atoms. The van der Waals surface area contributed by atoms with Crippen LogP contribution in [-0.4, -0.2) is 26.3 Å². The van der Waals surface area contributed by atoms with E-state index in [1.807, 2.05) is 30.3 Å². The zero-order chi connectivity index (χ0) is 17.9. The third kappa shape index (κ3) is 4.67. The molecule has 0 spiro atoms. The monoisotopic (exact) mass is 358 g/mol. The SMILES string of the molecule is CS(=O)(=O)Cc1ccc(NC(=O)C2=NO[C@@H](c3ccccc3)C2)cc1. The minimum atomic E-state index is -3.08. The molecule has 130 valence electrons. The van der Waals surface area contributed by atoms with Crippen LogP contribution >= 0.6 is 0 Å². The fraction of sp³-hybridized carbons (Fsp3) is 0.222. The number of carbonyl (C=O) groups excluding carboxylic acids is 1. The highest BCUT2D eigenvalue weighted by atomic mass is 32.2. The molecule has 3 rings (SSSR count). The lowest BCUT2D eigenvalue weighted by molar-refractivity contribution is -0.110. The molecule has 7 heteroatoms. The second-order valence-corrected chi connectivity index (χ2v) is 8.11. The highest BCUT2D eigenvalue weighted by molar-refractivity contribution is 7.89. The molecule has 1 amide bonds. The van der Waals surface area contributed by atoms with Crippen LogP contribution in [0, 0.1) is 0 Å². The van der Waals surface area contributed by atoms with Crippen molar-refractivity contribution in [3.05, 3.63) is 65.7 Å². The minimum absolute atomic E-state index is 0.0273. The van der Waals surface area contributed by atoms with Crippen molar-refractivity contribution < 1.29 is 18.0 Å².